The van der Waals surface area contributed by atoms with Gasteiger partial charge in [0.25, 0.3) is 0 Å². The summed E-state index contributed by atoms with van der Waals surface area (Å²) in [6, 6.07) is 13.6. The number of aromatic carboxylic acids is 1. The Labute approximate surface area is 113 Å². The van der Waals surface area contributed by atoms with Crippen LogP contribution in [0.25, 0.3) is 11.1 Å². The fraction of sp³-hybridized carbons (Fsp3) is 0.235. The van der Waals surface area contributed by atoms with Crippen LogP contribution < -0.4 is 0 Å². The Morgan fingerprint density at radius 1 is 1.05 bits per heavy atom. The molecule has 2 aromatic rings. The van der Waals surface area contributed by atoms with E-state index in [1.807, 2.05) is 13.0 Å². The quantitative estimate of drug-likeness (QED) is 0.876. The lowest BCUT2D eigenvalue weighted by Crippen LogP contribution is -1.97. The van der Waals surface area contributed by atoms with Gasteiger partial charge >= 0.3 is 5.97 Å². The predicted molar refractivity (Wildman–Crippen MR) is 77.7 cm³/mol. The van der Waals surface area contributed by atoms with Gasteiger partial charge in [-0.25, -0.2) is 4.79 Å². The summed E-state index contributed by atoms with van der Waals surface area (Å²) in [5.41, 5.74) is 4.74. The number of hydrogen-bond acceptors (Lipinski definition) is 1. The van der Waals surface area contributed by atoms with Gasteiger partial charge in [-0.3, -0.25) is 0 Å². The molecule has 2 nitrogen and oxygen atoms in total. The second-order valence-electron chi connectivity index (χ2n) is 5.11. The molecule has 0 saturated carbocycles. The molecule has 0 aromatic heterocycles. The maximum absolute atomic E-state index is 11.0. The van der Waals surface area contributed by atoms with E-state index < -0.39 is 5.97 Å². The highest BCUT2D eigenvalue weighted by Gasteiger charge is 2.08. The summed E-state index contributed by atoms with van der Waals surface area (Å²) < 4.78 is 0. The molecule has 0 amide bonds. The van der Waals surface area contributed by atoms with E-state index in [9.17, 15) is 4.79 Å². The first kappa shape index (κ1) is 13.3. The first-order valence-corrected chi connectivity index (χ1v) is 6.43. The molecule has 0 bridgehead atoms. The molecule has 0 unspecified atom stereocenters. The fourth-order valence-corrected chi connectivity index (χ4v) is 2.11. The Morgan fingerprint density at radius 3 is 2.21 bits per heavy atom. The van der Waals surface area contributed by atoms with Gasteiger partial charge < -0.3 is 5.11 Å². The molecule has 0 aliphatic heterocycles. The number of carbonyl (C=O) groups is 1. The minimum atomic E-state index is -0.889. The second-order valence-corrected chi connectivity index (χ2v) is 5.11. The van der Waals surface area contributed by atoms with Crippen LogP contribution in [0.15, 0.2) is 42.5 Å². The molecule has 0 aliphatic rings. The molecule has 2 aromatic carbocycles. The van der Waals surface area contributed by atoms with Gasteiger partial charge in [0, 0.05) is 0 Å². The average Bonchev–Trinajstić information content (AvgIpc) is 2.39. The highest BCUT2D eigenvalue weighted by molar-refractivity contribution is 5.90. The molecule has 1 N–H and O–H groups in total. The topological polar surface area (TPSA) is 37.3 Å². The van der Waals surface area contributed by atoms with Crippen LogP contribution in [0.4, 0.5) is 0 Å². The van der Waals surface area contributed by atoms with Crippen molar-refractivity contribution < 1.29 is 9.90 Å². The van der Waals surface area contributed by atoms with Crippen molar-refractivity contribution in [1.82, 2.24) is 0 Å². The zero-order chi connectivity index (χ0) is 14.0. The van der Waals surface area contributed by atoms with E-state index in [2.05, 4.69) is 38.1 Å². The molecule has 0 fully saturated rings. The summed E-state index contributed by atoms with van der Waals surface area (Å²) in [6.45, 7) is 6.31. The second kappa shape index (κ2) is 5.27. The van der Waals surface area contributed by atoms with Gasteiger partial charge in [-0.15, -0.1) is 0 Å². The lowest BCUT2D eigenvalue weighted by atomic mass is 9.95. The molecule has 2 rings (SSSR count). The monoisotopic (exact) mass is 254 g/mol. The number of carboxylic acids is 1. The zero-order valence-corrected chi connectivity index (χ0v) is 11.5. The van der Waals surface area contributed by atoms with Crippen LogP contribution in [0.5, 0.6) is 0 Å². The minimum absolute atomic E-state index is 0.327. The van der Waals surface area contributed by atoms with Crippen molar-refractivity contribution in [3.63, 3.8) is 0 Å². The summed E-state index contributed by atoms with van der Waals surface area (Å²) in [6.07, 6.45) is 0. The van der Waals surface area contributed by atoms with Crippen molar-refractivity contribution in [1.29, 1.82) is 0 Å². The number of aryl methyl sites for hydroxylation is 1. The Kier molecular flexibility index (Phi) is 3.70. The highest BCUT2D eigenvalue weighted by atomic mass is 16.4. The third kappa shape index (κ3) is 2.84. The molecule has 0 radical (unpaired) electrons. The predicted octanol–water partition coefficient (Wildman–Crippen LogP) is 4.48. The van der Waals surface area contributed by atoms with E-state index in [-0.39, 0.29) is 0 Å². The third-order valence-electron chi connectivity index (χ3n) is 3.37. The number of rotatable bonds is 3. The number of hydrogen-bond donors (Lipinski definition) is 1. The van der Waals surface area contributed by atoms with Crippen LogP contribution in [0, 0.1) is 6.92 Å². The van der Waals surface area contributed by atoms with Crippen LogP contribution in [0.1, 0.15) is 41.3 Å². The van der Waals surface area contributed by atoms with Gasteiger partial charge in [-0.1, -0.05) is 44.2 Å². The van der Waals surface area contributed by atoms with E-state index in [0.29, 0.717) is 11.5 Å². The molecule has 19 heavy (non-hydrogen) atoms. The number of benzene rings is 2. The summed E-state index contributed by atoms with van der Waals surface area (Å²) in [5, 5.41) is 9.06. The van der Waals surface area contributed by atoms with Crippen LogP contribution in [-0.2, 0) is 0 Å². The van der Waals surface area contributed by atoms with E-state index in [1.165, 1.54) is 5.56 Å². The lowest BCUT2D eigenvalue weighted by molar-refractivity contribution is 0.0697. The smallest absolute Gasteiger partial charge is 0.335 e. The van der Waals surface area contributed by atoms with E-state index >= 15 is 0 Å². The van der Waals surface area contributed by atoms with Gasteiger partial charge in [-0.2, -0.15) is 0 Å². The Balaban J connectivity index is 2.46. The third-order valence-corrected chi connectivity index (χ3v) is 3.37. The molecule has 98 valence electrons. The Bertz CT molecular complexity index is 595. The lowest BCUT2D eigenvalue weighted by Gasteiger charge is -2.10. The fourth-order valence-electron chi connectivity index (χ4n) is 2.11. The molecular weight excluding hydrogens is 236 g/mol. The van der Waals surface area contributed by atoms with Gasteiger partial charge in [0.2, 0.25) is 0 Å². The Hall–Kier alpha value is -2.09. The molecule has 0 saturated heterocycles. The summed E-state index contributed by atoms with van der Waals surface area (Å²) in [5.74, 6) is -0.388. The van der Waals surface area contributed by atoms with Crippen LogP contribution in [0.3, 0.4) is 0 Å². The van der Waals surface area contributed by atoms with Crippen LogP contribution in [-0.4, -0.2) is 11.1 Å². The van der Waals surface area contributed by atoms with Crippen molar-refractivity contribution in [2.75, 3.05) is 0 Å². The zero-order valence-electron chi connectivity index (χ0n) is 11.5. The normalized spacial score (nSPS) is 10.7. The molecule has 0 aliphatic carbocycles. The van der Waals surface area contributed by atoms with Crippen molar-refractivity contribution in [3.8, 4) is 11.1 Å². The van der Waals surface area contributed by atoms with Gasteiger partial charge in [0.15, 0.2) is 0 Å². The van der Waals surface area contributed by atoms with Crippen molar-refractivity contribution >= 4 is 5.97 Å². The first-order valence-electron chi connectivity index (χ1n) is 6.43. The summed E-state index contributed by atoms with van der Waals surface area (Å²) >= 11 is 0. The van der Waals surface area contributed by atoms with Crippen LogP contribution in [0.2, 0.25) is 0 Å². The molecule has 0 spiro atoms. The van der Waals surface area contributed by atoms with Crippen molar-refractivity contribution in [2.24, 2.45) is 0 Å². The number of carboxylic acid groups (broad SMARTS) is 1. The SMILES string of the molecule is Cc1ccc(C(=O)O)cc1-c1ccc(C(C)C)cc1. The summed E-state index contributed by atoms with van der Waals surface area (Å²) in [4.78, 5) is 11.0. The highest BCUT2D eigenvalue weighted by Crippen LogP contribution is 2.26. The van der Waals surface area contributed by atoms with E-state index in [0.717, 1.165) is 16.7 Å². The van der Waals surface area contributed by atoms with E-state index in [4.69, 9.17) is 5.11 Å². The standard InChI is InChI=1S/C17H18O2/c1-11(2)13-6-8-14(9-7-13)16-10-15(17(18)19)5-4-12(16)3/h4-11H,1-3H3,(H,18,19). The van der Waals surface area contributed by atoms with E-state index in [1.54, 1.807) is 12.1 Å². The maximum Gasteiger partial charge on any atom is 0.335 e. The van der Waals surface area contributed by atoms with Gasteiger partial charge in [0.1, 0.15) is 0 Å². The molecule has 0 atom stereocenters. The van der Waals surface area contributed by atoms with Crippen LogP contribution >= 0.6 is 0 Å². The Morgan fingerprint density at radius 2 is 1.68 bits per heavy atom. The maximum atomic E-state index is 11.0. The molecule has 0 heterocycles. The van der Waals surface area contributed by atoms with Crippen molar-refractivity contribution in [3.05, 3.63) is 59.2 Å². The molecular formula is C17H18O2. The van der Waals surface area contributed by atoms with Gasteiger partial charge in [0.05, 0.1) is 5.56 Å². The molecule has 2 heteroatoms. The largest absolute Gasteiger partial charge is 0.478 e. The summed E-state index contributed by atoms with van der Waals surface area (Å²) in [7, 11) is 0. The average molecular weight is 254 g/mol. The first-order chi connectivity index (χ1) is 8.99. The minimum Gasteiger partial charge on any atom is -0.478 e. The van der Waals surface area contributed by atoms with Crippen molar-refractivity contribution in [2.45, 2.75) is 26.7 Å². The van der Waals surface area contributed by atoms with Gasteiger partial charge in [-0.05, 0) is 47.2 Å².